The molecule has 0 radical (unpaired) electrons. The Labute approximate surface area is 229 Å². The summed E-state index contributed by atoms with van der Waals surface area (Å²) >= 11 is 1.26. The number of hydrogen-bond acceptors (Lipinski definition) is 11. The summed E-state index contributed by atoms with van der Waals surface area (Å²) in [5.41, 5.74) is -1.18. The average molecular weight is 580 g/mol. The van der Waals surface area contributed by atoms with Crippen molar-refractivity contribution in [3.63, 3.8) is 0 Å². The van der Waals surface area contributed by atoms with Gasteiger partial charge in [-0.1, -0.05) is 25.6 Å². The second-order valence-corrected chi connectivity index (χ2v) is 12.1. The van der Waals surface area contributed by atoms with Crippen molar-refractivity contribution in [1.82, 2.24) is 14.2 Å². The number of nitrogens with one attached hydrogen (secondary N) is 1. The van der Waals surface area contributed by atoms with Gasteiger partial charge in [-0.25, -0.2) is 9.46 Å². The van der Waals surface area contributed by atoms with E-state index >= 15 is 0 Å². The summed E-state index contributed by atoms with van der Waals surface area (Å²) in [6, 6.07) is 1.37. The Balaban J connectivity index is 2.12. The van der Waals surface area contributed by atoms with Gasteiger partial charge in [0.05, 0.1) is 26.4 Å². The molecule has 0 spiro atoms. The van der Waals surface area contributed by atoms with Crippen molar-refractivity contribution in [2.75, 3.05) is 39.3 Å². The summed E-state index contributed by atoms with van der Waals surface area (Å²) in [7, 11) is -0.177. The van der Waals surface area contributed by atoms with E-state index in [0.717, 1.165) is 0 Å². The number of carbonyl (C=O) groups excluding carboxylic acids is 1. The third-order valence-electron chi connectivity index (χ3n) is 5.69. The lowest BCUT2D eigenvalue weighted by atomic mass is 10.1. The van der Waals surface area contributed by atoms with Crippen LogP contribution in [0.4, 0.5) is 0 Å². The maximum atomic E-state index is 12.4. The third kappa shape index (κ3) is 9.21. The van der Waals surface area contributed by atoms with Crippen LogP contribution in [0.15, 0.2) is 21.9 Å². The number of carbonyl (C=O) groups is 1. The fraction of sp³-hybridized carbons (Fsp3) is 0.792. The molecule has 2 rings (SSSR count). The molecule has 12 nitrogen and oxygen atoms in total. The minimum Gasteiger partial charge on any atom is -0.394 e. The zero-order valence-corrected chi connectivity index (χ0v) is 24.9. The van der Waals surface area contributed by atoms with Gasteiger partial charge in [-0.15, -0.1) is 0 Å². The van der Waals surface area contributed by atoms with Gasteiger partial charge < -0.3 is 28.4 Å². The normalized spacial score (nSPS) is 22.7. The quantitative estimate of drug-likeness (QED) is 0.220. The Morgan fingerprint density at radius 1 is 1.16 bits per heavy atom. The van der Waals surface area contributed by atoms with E-state index < -0.39 is 44.3 Å². The van der Waals surface area contributed by atoms with Crippen molar-refractivity contribution in [3.05, 3.63) is 33.1 Å². The number of thioether (sulfide) groups is 1. The molecule has 14 heteroatoms. The number of nitrogens with zero attached hydrogens (tertiary/aromatic N) is 2. The van der Waals surface area contributed by atoms with Gasteiger partial charge in [0, 0.05) is 43.1 Å². The van der Waals surface area contributed by atoms with E-state index in [2.05, 4.69) is 9.65 Å². The summed E-state index contributed by atoms with van der Waals surface area (Å²) in [6.45, 7) is 12.5. The SMILES string of the molecule is CO[C@H]1C(OP(OCCOCCSC(=O)C(C)C)N(C(C)C)C(C)C)[C@@H](CO)O[C@H]1n1ccc(=O)[nH]c1=O. The van der Waals surface area contributed by atoms with Gasteiger partial charge in [-0.05, 0) is 27.7 Å². The lowest BCUT2D eigenvalue weighted by Gasteiger charge is -2.38. The Hall–Kier alpha value is -1.15. The summed E-state index contributed by atoms with van der Waals surface area (Å²) in [5.74, 6) is 0.563. The second kappa shape index (κ2) is 16.2. The van der Waals surface area contributed by atoms with Crippen LogP contribution in [0, 0.1) is 5.92 Å². The minimum atomic E-state index is -1.65. The first-order valence-corrected chi connectivity index (χ1v) is 14.9. The highest BCUT2D eigenvalue weighted by molar-refractivity contribution is 8.13. The van der Waals surface area contributed by atoms with Crippen LogP contribution >= 0.6 is 20.3 Å². The second-order valence-electron chi connectivity index (χ2n) is 9.61. The van der Waals surface area contributed by atoms with Crippen LogP contribution in [0.1, 0.15) is 47.8 Å². The Morgan fingerprint density at radius 2 is 1.84 bits per heavy atom. The van der Waals surface area contributed by atoms with Crippen LogP contribution < -0.4 is 11.2 Å². The number of ether oxygens (including phenoxy) is 3. The number of aromatic nitrogens is 2. The molecule has 1 aliphatic rings. The van der Waals surface area contributed by atoms with Crippen LogP contribution in [0.2, 0.25) is 0 Å². The highest BCUT2D eigenvalue weighted by Gasteiger charge is 2.49. The molecular weight excluding hydrogens is 537 g/mol. The monoisotopic (exact) mass is 579 g/mol. The van der Waals surface area contributed by atoms with Crippen LogP contribution in [-0.2, 0) is 28.1 Å². The van der Waals surface area contributed by atoms with Gasteiger partial charge >= 0.3 is 5.69 Å². The number of rotatable bonds is 16. The maximum absolute atomic E-state index is 12.4. The maximum Gasteiger partial charge on any atom is 0.330 e. The van der Waals surface area contributed by atoms with E-state index in [1.807, 2.05) is 41.5 Å². The van der Waals surface area contributed by atoms with E-state index in [-0.39, 0.29) is 36.3 Å². The van der Waals surface area contributed by atoms with Gasteiger partial charge in [0.2, 0.25) is 0 Å². The first-order chi connectivity index (χ1) is 18.0. The fourth-order valence-electron chi connectivity index (χ4n) is 3.96. The number of aliphatic hydroxyl groups excluding tert-OH is 1. The molecule has 1 aromatic heterocycles. The molecule has 0 bridgehead atoms. The van der Waals surface area contributed by atoms with E-state index in [1.165, 1.54) is 35.7 Å². The molecular formula is C24H42N3O9PS. The molecule has 38 heavy (non-hydrogen) atoms. The molecule has 0 aromatic carbocycles. The fourth-order valence-corrected chi connectivity index (χ4v) is 6.45. The number of H-pyrrole nitrogens is 1. The predicted octanol–water partition coefficient (Wildman–Crippen LogP) is 2.12. The number of aromatic amines is 1. The molecule has 1 aromatic rings. The van der Waals surface area contributed by atoms with Gasteiger partial charge in [0.25, 0.3) is 14.1 Å². The first kappa shape index (κ1) is 33.1. The molecule has 0 amide bonds. The number of methoxy groups -OCH3 is 1. The molecule has 0 aliphatic carbocycles. The summed E-state index contributed by atoms with van der Waals surface area (Å²) in [6.07, 6.45) is -1.93. The molecule has 2 N–H and O–H groups in total. The van der Waals surface area contributed by atoms with E-state index in [9.17, 15) is 19.5 Å². The summed E-state index contributed by atoms with van der Waals surface area (Å²) in [4.78, 5) is 37.9. The molecule has 2 heterocycles. The van der Waals surface area contributed by atoms with Crippen molar-refractivity contribution in [2.45, 2.75) is 78.2 Å². The largest absolute Gasteiger partial charge is 0.394 e. The van der Waals surface area contributed by atoms with Gasteiger partial charge in [0.1, 0.15) is 18.3 Å². The van der Waals surface area contributed by atoms with E-state index in [4.69, 9.17) is 23.3 Å². The minimum absolute atomic E-state index is 0.0114. The van der Waals surface area contributed by atoms with Crippen LogP contribution in [0.5, 0.6) is 0 Å². The molecule has 1 saturated heterocycles. The molecule has 1 aliphatic heterocycles. The molecule has 218 valence electrons. The van der Waals surface area contributed by atoms with Crippen LogP contribution in [-0.4, -0.2) is 94.1 Å². The zero-order valence-electron chi connectivity index (χ0n) is 23.2. The molecule has 1 fully saturated rings. The van der Waals surface area contributed by atoms with Crippen molar-refractivity contribution in [1.29, 1.82) is 0 Å². The molecule has 0 saturated carbocycles. The Kier molecular flexibility index (Phi) is 14.1. The topological polar surface area (TPSA) is 142 Å². The lowest BCUT2D eigenvalue weighted by Crippen LogP contribution is -2.41. The van der Waals surface area contributed by atoms with Crippen molar-refractivity contribution in [3.8, 4) is 0 Å². The van der Waals surface area contributed by atoms with Crippen LogP contribution in [0.3, 0.4) is 0 Å². The number of hydrogen-bond donors (Lipinski definition) is 2. The molecule has 2 unspecified atom stereocenters. The average Bonchev–Trinajstić information content (AvgIpc) is 3.19. The number of aliphatic hydroxyl groups is 1. The highest BCUT2D eigenvalue weighted by Crippen LogP contribution is 2.50. The van der Waals surface area contributed by atoms with Crippen molar-refractivity contribution in [2.24, 2.45) is 5.92 Å². The first-order valence-electron chi connectivity index (χ1n) is 12.7. The standard InChI is InChI=1S/C24H42N3O9PS/c1-15(2)23(30)38-13-12-33-10-11-34-37(27(16(3)4)17(5)6)36-20-18(14-28)35-22(21(20)32-7)26-9-8-19(29)25-24(26)31/h8-9,15-18,20-22,28H,10-14H2,1-7H3,(H,25,29,31)/t18-,20?,21+,22-,37?/m1/s1. The summed E-state index contributed by atoms with van der Waals surface area (Å²) < 4.78 is 33.3. The predicted molar refractivity (Wildman–Crippen MR) is 146 cm³/mol. The molecule has 5 atom stereocenters. The summed E-state index contributed by atoms with van der Waals surface area (Å²) in [5, 5.41) is 10.2. The van der Waals surface area contributed by atoms with Crippen LogP contribution in [0.25, 0.3) is 0 Å². The third-order valence-corrected chi connectivity index (χ3v) is 8.95. The van der Waals surface area contributed by atoms with Gasteiger partial charge in [0.15, 0.2) is 11.3 Å². The van der Waals surface area contributed by atoms with Crippen molar-refractivity contribution >= 4 is 25.4 Å². The van der Waals surface area contributed by atoms with E-state index in [1.54, 1.807) is 0 Å². The lowest BCUT2D eigenvalue weighted by molar-refractivity contribution is -0.113. The van der Waals surface area contributed by atoms with Gasteiger partial charge in [-0.2, -0.15) is 0 Å². The van der Waals surface area contributed by atoms with Crippen molar-refractivity contribution < 1.29 is 33.2 Å². The smallest absolute Gasteiger partial charge is 0.330 e. The zero-order chi connectivity index (χ0) is 28.4. The highest BCUT2D eigenvalue weighted by atomic mass is 32.2. The van der Waals surface area contributed by atoms with Gasteiger partial charge in [-0.3, -0.25) is 19.1 Å². The van der Waals surface area contributed by atoms with E-state index in [0.29, 0.717) is 19.0 Å². The Bertz CT molecular complexity index is 966. The Morgan fingerprint density at radius 3 is 2.39 bits per heavy atom.